The summed E-state index contributed by atoms with van der Waals surface area (Å²) in [6.45, 7) is 4.11. The summed E-state index contributed by atoms with van der Waals surface area (Å²) in [6, 6.07) is 26.0. The molecule has 0 aliphatic carbocycles. The van der Waals surface area contributed by atoms with E-state index < -0.39 is 17.8 Å². The van der Waals surface area contributed by atoms with E-state index in [2.05, 4.69) is 23.5 Å². The Morgan fingerprint density at radius 2 is 1.61 bits per heavy atom. The van der Waals surface area contributed by atoms with Crippen LogP contribution in [0.2, 0.25) is 0 Å². The Balaban J connectivity index is 1.41. The lowest BCUT2D eigenvalue weighted by Crippen LogP contribution is -2.54. The van der Waals surface area contributed by atoms with Crippen molar-refractivity contribution in [2.45, 2.75) is 20.5 Å². The van der Waals surface area contributed by atoms with Gasteiger partial charge in [-0.1, -0.05) is 66.7 Å². The molecule has 0 atom stereocenters. The third-order valence-electron chi connectivity index (χ3n) is 6.36. The molecular weight excluding hydrogens is 452 g/mol. The van der Waals surface area contributed by atoms with Crippen LogP contribution in [-0.2, 0) is 16.2 Å². The molecule has 1 aliphatic rings. The molecule has 0 spiro atoms. The van der Waals surface area contributed by atoms with Gasteiger partial charge in [0.25, 0.3) is 11.8 Å². The predicted molar refractivity (Wildman–Crippen MR) is 140 cm³/mol. The Morgan fingerprint density at radius 3 is 2.47 bits per heavy atom. The van der Waals surface area contributed by atoms with Crippen LogP contribution < -0.4 is 15.0 Å². The fraction of sp³-hybridized carbons (Fsp3) is 0.100. The molecule has 6 heteroatoms. The Bertz CT molecular complexity index is 1550. The number of carbonyl (C=O) groups excluding carboxylic acids is 3. The molecule has 36 heavy (non-hydrogen) atoms. The number of nitrogens with one attached hydrogen (secondary N) is 1. The van der Waals surface area contributed by atoms with E-state index in [9.17, 15) is 14.4 Å². The van der Waals surface area contributed by atoms with Crippen molar-refractivity contribution in [3.8, 4) is 5.75 Å². The van der Waals surface area contributed by atoms with E-state index in [1.54, 1.807) is 30.3 Å². The number of hydrogen-bond donors (Lipinski definition) is 1. The monoisotopic (exact) mass is 476 g/mol. The average Bonchev–Trinajstić information content (AvgIpc) is 2.88. The van der Waals surface area contributed by atoms with E-state index in [1.165, 1.54) is 6.08 Å². The third kappa shape index (κ3) is 4.36. The van der Waals surface area contributed by atoms with E-state index >= 15 is 0 Å². The van der Waals surface area contributed by atoms with Gasteiger partial charge in [-0.15, -0.1) is 0 Å². The molecule has 1 aliphatic heterocycles. The second-order valence-electron chi connectivity index (χ2n) is 8.68. The van der Waals surface area contributed by atoms with Gasteiger partial charge in [0, 0.05) is 0 Å². The highest BCUT2D eigenvalue weighted by Gasteiger charge is 2.37. The summed E-state index contributed by atoms with van der Waals surface area (Å²) in [5.41, 5.74) is 3.72. The van der Waals surface area contributed by atoms with Gasteiger partial charge in [-0.05, 0) is 71.1 Å². The van der Waals surface area contributed by atoms with Gasteiger partial charge >= 0.3 is 6.03 Å². The van der Waals surface area contributed by atoms with Crippen molar-refractivity contribution in [1.82, 2.24) is 5.32 Å². The molecule has 1 fully saturated rings. The molecule has 4 aromatic rings. The Labute approximate surface area is 208 Å². The first-order valence-corrected chi connectivity index (χ1v) is 11.6. The van der Waals surface area contributed by atoms with E-state index in [4.69, 9.17) is 4.74 Å². The molecule has 0 aromatic heterocycles. The Hall–Kier alpha value is -4.71. The lowest BCUT2D eigenvalue weighted by Gasteiger charge is -2.28. The van der Waals surface area contributed by atoms with E-state index in [0.29, 0.717) is 23.6 Å². The first-order valence-electron chi connectivity index (χ1n) is 11.6. The van der Waals surface area contributed by atoms with Gasteiger partial charge in [0.1, 0.15) is 17.9 Å². The zero-order chi connectivity index (χ0) is 25.2. The average molecular weight is 477 g/mol. The standard InChI is InChI=1S/C30H24N2O4/c1-19-8-5-15-27(20(19)2)32-29(34)26(28(33)31-30(32)35)17-21-9-6-13-24(16-21)36-18-23-12-7-11-22-10-3-4-14-25(22)23/h3-17H,18H2,1-2H3,(H,31,33,35)/b26-17-. The summed E-state index contributed by atoms with van der Waals surface area (Å²) in [5, 5.41) is 4.55. The molecule has 0 radical (unpaired) electrons. The minimum absolute atomic E-state index is 0.123. The Morgan fingerprint density at radius 1 is 0.861 bits per heavy atom. The van der Waals surface area contributed by atoms with E-state index in [-0.39, 0.29) is 5.57 Å². The quantitative estimate of drug-likeness (QED) is 0.296. The van der Waals surface area contributed by atoms with Crippen LogP contribution in [-0.4, -0.2) is 17.8 Å². The molecule has 1 saturated heterocycles. The number of benzene rings is 4. The van der Waals surface area contributed by atoms with Crippen LogP contribution in [0.4, 0.5) is 10.5 Å². The summed E-state index contributed by atoms with van der Waals surface area (Å²) in [4.78, 5) is 39.4. The molecule has 0 bridgehead atoms. The molecule has 5 rings (SSSR count). The van der Waals surface area contributed by atoms with Gasteiger partial charge in [-0.2, -0.15) is 0 Å². The smallest absolute Gasteiger partial charge is 0.335 e. The van der Waals surface area contributed by atoms with Gasteiger partial charge in [-0.25, -0.2) is 9.69 Å². The largest absolute Gasteiger partial charge is 0.489 e. The second kappa shape index (κ2) is 9.50. The van der Waals surface area contributed by atoms with Crippen LogP contribution in [0.3, 0.4) is 0 Å². The van der Waals surface area contributed by atoms with Crippen molar-refractivity contribution in [1.29, 1.82) is 0 Å². The minimum atomic E-state index is -0.761. The molecule has 6 nitrogen and oxygen atoms in total. The molecule has 4 aromatic carbocycles. The molecular formula is C30H24N2O4. The minimum Gasteiger partial charge on any atom is -0.489 e. The van der Waals surface area contributed by atoms with Crippen molar-refractivity contribution in [3.05, 3.63) is 113 Å². The van der Waals surface area contributed by atoms with Gasteiger partial charge in [-0.3, -0.25) is 14.9 Å². The normalized spacial score (nSPS) is 14.9. The number of aryl methyl sites for hydroxylation is 1. The van der Waals surface area contributed by atoms with Gasteiger partial charge in [0.05, 0.1) is 5.69 Å². The molecule has 1 N–H and O–H groups in total. The number of carbonyl (C=O) groups is 3. The summed E-state index contributed by atoms with van der Waals surface area (Å²) >= 11 is 0. The van der Waals surface area contributed by atoms with Crippen molar-refractivity contribution in [2.75, 3.05) is 4.90 Å². The van der Waals surface area contributed by atoms with Crippen LogP contribution >= 0.6 is 0 Å². The fourth-order valence-corrected chi connectivity index (χ4v) is 4.29. The molecule has 0 saturated carbocycles. The fourth-order valence-electron chi connectivity index (χ4n) is 4.29. The number of rotatable bonds is 5. The predicted octanol–water partition coefficient (Wildman–Crippen LogP) is 5.70. The summed E-state index contributed by atoms with van der Waals surface area (Å²) < 4.78 is 6.04. The maximum atomic E-state index is 13.3. The molecule has 4 amide bonds. The van der Waals surface area contributed by atoms with Crippen LogP contribution in [0.1, 0.15) is 22.3 Å². The van der Waals surface area contributed by atoms with Crippen molar-refractivity contribution < 1.29 is 19.1 Å². The highest BCUT2D eigenvalue weighted by Crippen LogP contribution is 2.28. The van der Waals surface area contributed by atoms with Crippen LogP contribution in [0, 0.1) is 13.8 Å². The van der Waals surface area contributed by atoms with Crippen molar-refractivity contribution in [3.63, 3.8) is 0 Å². The number of nitrogens with zero attached hydrogens (tertiary/aromatic N) is 1. The van der Waals surface area contributed by atoms with Gasteiger partial charge in [0.2, 0.25) is 0 Å². The lowest BCUT2D eigenvalue weighted by molar-refractivity contribution is -0.122. The number of fused-ring (bicyclic) bond motifs is 1. The summed E-state index contributed by atoms with van der Waals surface area (Å²) in [5.74, 6) is -0.795. The Kier molecular flexibility index (Phi) is 6.09. The highest BCUT2D eigenvalue weighted by molar-refractivity contribution is 6.39. The second-order valence-corrected chi connectivity index (χ2v) is 8.68. The topological polar surface area (TPSA) is 75.7 Å². The highest BCUT2D eigenvalue weighted by atomic mass is 16.5. The SMILES string of the molecule is Cc1cccc(N2C(=O)NC(=O)/C(=C/c3cccc(OCc4cccc5ccccc45)c3)C2=O)c1C. The van der Waals surface area contributed by atoms with Crippen molar-refractivity contribution in [2.24, 2.45) is 0 Å². The van der Waals surface area contributed by atoms with E-state index in [0.717, 1.165) is 32.4 Å². The maximum Gasteiger partial charge on any atom is 0.335 e. The first kappa shape index (κ1) is 23.1. The zero-order valence-corrected chi connectivity index (χ0v) is 19.9. The van der Waals surface area contributed by atoms with Crippen LogP contribution in [0.5, 0.6) is 5.75 Å². The zero-order valence-electron chi connectivity index (χ0n) is 19.9. The lowest BCUT2D eigenvalue weighted by atomic mass is 10.0. The summed E-state index contributed by atoms with van der Waals surface area (Å²) in [6.07, 6.45) is 1.48. The van der Waals surface area contributed by atoms with Gasteiger partial charge < -0.3 is 4.74 Å². The number of amides is 4. The van der Waals surface area contributed by atoms with Crippen LogP contribution in [0.15, 0.2) is 90.5 Å². The van der Waals surface area contributed by atoms with Crippen LogP contribution in [0.25, 0.3) is 16.8 Å². The number of barbiturate groups is 1. The maximum absolute atomic E-state index is 13.3. The first-order chi connectivity index (χ1) is 17.4. The van der Waals surface area contributed by atoms with Gasteiger partial charge in [0.15, 0.2) is 0 Å². The number of anilines is 1. The summed E-state index contributed by atoms with van der Waals surface area (Å²) in [7, 11) is 0. The molecule has 1 heterocycles. The molecule has 0 unspecified atom stereocenters. The number of ether oxygens (including phenoxy) is 1. The third-order valence-corrected chi connectivity index (χ3v) is 6.36. The number of hydrogen-bond acceptors (Lipinski definition) is 4. The number of imide groups is 2. The van der Waals surface area contributed by atoms with E-state index in [1.807, 2.05) is 50.2 Å². The molecule has 178 valence electrons. The van der Waals surface area contributed by atoms with Crippen molar-refractivity contribution >= 4 is 40.4 Å². The number of urea groups is 1.